The van der Waals surface area contributed by atoms with Gasteiger partial charge in [0.2, 0.25) is 0 Å². The van der Waals surface area contributed by atoms with Crippen LogP contribution in [0.4, 0.5) is 11.4 Å². The minimum atomic E-state index is 0.358. The van der Waals surface area contributed by atoms with Crippen LogP contribution >= 0.6 is 0 Å². The lowest BCUT2D eigenvalue weighted by atomic mass is 10.1. The van der Waals surface area contributed by atoms with Crippen molar-refractivity contribution in [3.8, 4) is 5.75 Å². The molecule has 3 rings (SSSR count). The minimum Gasteiger partial charge on any atom is -0.497 e. The van der Waals surface area contributed by atoms with Crippen molar-refractivity contribution in [2.24, 2.45) is 0 Å². The Morgan fingerprint density at radius 3 is 2.71 bits per heavy atom. The van der Waals surface area contributed by atoms with Crippen molar-refractivity contribution in [3.63, 3.8) is 0 Å². The van der Waals surface area contributed by atoms with Gasteiger partial charge in [-0.25, -0.2) is 0 Å². The van der Waals surface area contributed by atoms with E-state index < -0.39 is 0 Å². The fourth-order valence-electron chi connectivity index (χ4n) is 3.03. The van der Waals surface area contributed by atoms with Gasteiger partial charge >= 0.3 is 0 Å². The Balaban J connectivity index is 1.89. The zero-order valence-electron chi connectivity index (χ0n) is 12.9. The van der Waals surface area contributed by atoms with Gasteiger partial charge in [-0.05, 0) is 48.2 Å². The molecule has 0 bridgehead atoms. The number of ether oxygens (including phenoxy) is 1. The Hall–Kier alpha value is -2.16. The van der Waals surface area contributed by atoms with Crippen molar-refractivity contribution in [2.75, 3.05) is 31.4 Å². The van der Waals surface area contributed by atoms with Gasteiger partial charge in [0.15, 0.2) is 0 Å². The van der Waals surface area contributed by atoms with E-state index >= 15 is 0 Å². The minimum absolute atomic E-state index is 0.358. The largest absolute Gasteiger partial charge is 0.497 e. The smallest absolute Gasteiger partial charge is 0.119 e. The Bertz CT molecular complexity index is 637. The highest BCUT2D eigenvalue weighted by Crippen LogP contribution is 2.37. The van der Waals surface area contributed by atoms with E-state index in [9.17, 15) is 0 Å². The molecule has 0 spiro atoms. The quantitative estimate of drug-likeness (QED) is 0.921. The van der Waals surface area contributed by atoms with E-state index in [4.69, 9.17) is 4.74 Å². The van der Waals surface area contributed by atoms with Gasteiger partial charge in [0.1, 0.15) is 5.75 Å². The number of para-hydroxylation sites is 2. The summed E-state index contributed by atoms with van der Waals surface area (Å²) in [7, 11) is 5.87. The summed E-state index contributed by atoms with van der Waals surface area (Å²) >= 11 is 0. The number of nitrogens with one attached hydrogen (secondary N) is 1. The molecule has 0 aromatic heterocycles. The van der Waals surface area contributed by atoms with E-state index in [0.717, 1.165) is 18.6 Å². The predicted octanol–water partition coefficient (Wildman–Crippen LogP) is 3.86. The summed E-state index contributed by atoms with van der Waals surface area (Å²) in [6, 6.07) is 15.2. The predicted molar refractivity (Wildman–Crippen MR) is 88.4 cm³/mol. The summed E-state index contributed by atoms with van der Waals surface area (Å²) < 4.78 is 5.36. The van der Waals surface area contributed by atoms with Gasteiger partial charge in [0.05, 0.1) is 24.5 Å². The number of methoxy groups -OCH3 is 1. The molecule has 1 atom stereocenters. The summed E-state index contributed by atoms with van der Waals surface area (Å²) in [5, 5.41) is 3.70. The molecule has 3 nitrogen and oxygen atoms in total. The maximum Gasteiger partial charge on any atom is 0.119 e. The van der Waals surface area contributed by atoms with Gasteiger partial charge in [-0.3, -0.25) is 0 Å². The summed E-state index contributed by atoms with van der Waals surface area (Å²) in [4.78, 5) is 2.14. The molecule has 2 aromatic rings. The monoisotopic (exact) mass is 282 g/mol. The van der Waals surface area contributed by atoms with E-state index in [0.29, 0.717) is 6.04 Å². The number of fused-ring (bicyclic) bond motifs is 1. The Labute approximate surface area is 126 Å². The maximum absolute atomic E-state index is 5.36. The average molecular weight is 282 g/mol. The van der Waals surface area contributed by atoms with Crippen molar-refractivity contribution in [1.82, 2.24) is 0 Å². The van der Waals surface area contributed by atoms with Gasteiger partial charge in [0.25, 0.3) is 0 Å². The second-order valence-electron chi connectivity index (χ2n) is 5.71. The lowest BCUT2D eigenvalue weighted by molar-refractivity contribution is 0.414. The van der Waals surface area contributed by atoms with Crippen LogP contribution in [0.3, 0.4) is 0 Å². The molecule has 1 unspecified atom stereocenters. The lowest BCUT2D eigenvalue weighted by Crippen LogP contribution is -2.14. The normalized spacial score (nSPS) is 16.4. The first-order valence-corrected chi connectivity index (χ1v) is 7.38. The molecular formula is C18H22N2O. The Morgan fingerprint density at radius 2 is 1.95 bits per heavy atom. The summed E-state index contributed by atoms with van der Waals surface area (Å²) in [6.07, 6.45) is 2.26. The molecule has 0 amide bonds. The van der Waals surface area contributed by atoms with Crippen molar-refractivity contribution < 1.29 is 4.74 Å². The molecule has 0 saturated carbocycles. The van der Waals surface area contributed by atoms with E-state index in [-0.39, 0.29) is 0 Å². The molecular weight excluding hydrogens is 260 g/mol. The fourth-order valence-corrected chi connectivity index (χ4v) is 3.03. The molecule has 21 heavy (non-hydrogen) atoms. The second-order valence-corrected chi connectivity index (χ2v) is 5.71. The van der Waals surface area contributed by atoms with Crippen LogP contribution in [-0.2, 0) is 6.42 Å². The molecule has 1 aliphatic carbocycles. The molecule has 0 radical (unpaired) electrons. The molecule has 1 N–H and O–H groups in total. The zero-order chi connectivity index (χ0) is 14.8. The third kappa shape index (κ3) is 2.68. The first-order chi connectivity index (χ1) is 10.2. The molecule has 2 aromatic carbocycles. The van der Waals surface area contributed by atoms with Crippen LogP contribution in [0.25, 0.3) is 0 Å². The van der Waals surface area contributed by atoms with Crippen LogP contribution in [0, 0.1) is 0 Å². The van der Waals surface area contributed by atoms with Crippen LogP contribution < -0.4 is 15.0 Å². The standard InChI is InChI=1S/C18H22N2O/c1-20(2)18-7-5-4-6-17(18)19-16-11-9-13-8-10-14(21-3)12-15(13)16/h4-8,10,12,16,19H,9,11H2,1-3H3. The molecule has 0 fully saturated rings. The van der Waals surface area contributed by atoms with Gasteiger partial charge in [-0.2, -0.15) is 0 Å². The van der Waals surface area contributed by atoms with Crippen molar-refractivity contribution in [2.45, 2.75) is 18.9 Å². The highest BCUT2D eigenvalue weighted by atomic mass is 16.5. The van der Waals surface area contributed by atoms with Gasteiger partial charge in [0, 0.05) is 14.1 Å². The van der Waals surface area contributed by atoms with E-state index in [1.165, 1.54) is 22.5 Å². The number of hydrogen-bond acceptors (Lipinski definition) is 3. The second kappa shape index (κ2) is 5.68. The molecule has 0 heterocycles. The van der Waals surface area contributed by atoms with Crippen molar-refractivity contribution in [3.05, 3.63) is 53.6 Å². The van der Waals surface area contributed by atoms with E-state index in [1.54, 1.807) is 7.11 Å². The summed E-state index contributed by atoms with van der Waals surface area (Å²) in [5.74, 6) is 0.934. The van der Waals surface area contributed by atoms with Crippen LogP contribution in [-0.4, -0.2) is 21.2 Å². The highest BCUT2D eigenvalue weighted by molar-refractivity contribution is 5.70. The first-order valence-electron chi connectivity index (χ1n) is 7.38. The average Bonchev–Trinajstić information content (AvgIpc) is 2.90. The summed E-state index contributed by atoms with van der Waals surface area (Å²) in [6.45, 7) is 0. The lowest BCUT2D eigenvalue weighted by Gasteiger charge is -2.22. The zero-order valence-corrected chi connectivity index (χ0v) is 12.9. The number of anilines is 2. The molecule has 0 saturated heterocycles. The van der Waals surface area contributed by atoms with E-state index in [1.807, 2.05) is 0 Å². The van der Waals surface area contributed by atoms with Crippen LogP contribution in [0.15, 0.2) is 42.5 Å². The number of nitrogens with zero attached hydrogens (tertiary/aromatic N) is 1. The van der Waals surface area contributed by atoms with Gasteiger partial charge < -0.3 is 15.0 Å². The topological polar surface area (TPSA) is 24.5 Å². The molecule has 3 heteroatoms. The van der Waals surface area contributed by atoms with Crippen molar-refractivity contribution in [1.29, 1.82) is 0 Å². The Kier molecular flexibility index (Phi) is 3.74. The number of hydrogen-bond donors (Lipinski definition) is 1. The third-order valence-electron chi connectivity index (χ3n) is 4.15. The molecule has 1 aliphatic rings. The van der Waals surface area contributed by atoms with Crippen LogP contribution in [0.2, 0.25) is 0 Å². The van der Waals surface area contributed by atoms with Gasteiger partial charge in [-0.1, -0.05) is 18.2 Å². The van der Waals surface area contributed by atoms with Crippen LogP contribution in [0.1, 0.15) is 23.6 Å². The first kappa shape index (κ1) is 13.8. The maximum atomic E-state index is 5.36. The van der Waals surface area contributed by atoms with Crippen LogP contribution in [0.5, 0.6) is 5.75 Å². The van der Waals surface area contributed by atoms with Gasteiger partial charge in [-0.15, -0.1) is 0 Å². The number of aryl methyl sites for hydroxylation is 1. The number of benzene rings is 2. The molecule has 110 valence electrons. The van der Waals surface area contributed by atoms with Crippen molar-refractivity contribution >= 4 is 11.4 Å². The SMILES string of the molecule is COc1ccc2c(c1)C(Nc1ccccc1N(C)C)CC2. The molecule has 0 aliphatic heterocycles. The highest BCUT2D eigenvalue weighted by Gasteiger charge is 2.23. The van der Waals surface area contributed by atoms with E-state index in [2.05, 4.69) is 66.8 Å². The third-order valence-corrected chi connectivity index (χ3v) is 4.15. The Morgan fingerprint density at radius 1 is 1.14 bits per heavy atom. The fraction of sp³-hybridized carbons (Fsp3) is 0.333. The summed E-state index contributed by atoms with van der Waals surface area (Å²) in [5.41, 5.74) is 5.19. The number of rotatable bonds is 4.